The average molecular weight is 472 g/mol. The fourth-order valence-electron chi connectivity index (χ4n) is 2.97. The highest BCUT2D eigenvalue weighted by molar-refractivity contribution is 9.10. The van der Waals surface area contributed by atoms with E-state index in [-0.39, 0.29) is 29.1 Å². The van der Waals surface area contributed by atoms with Crippen LogP contribution in [-0.4, -0.2) is 30.1 Å². The lowest BCUT2D eigenvalue weighted by molar-refractivity contribution is 0.0642. The maximum Gasteiger partial charge on any atom is 0.263 e. The van der Waals surface area contributed by atoms with E-state index in [1.54, 1.807) is 42.5 Å². The van der Waals surface area contributed by atoms with Crippen LogP contribution >= 0.6 is 15.9 Å². The number of amides is 2. The minimum absolute atomic E-state index is 0.0494. The van der Waals surface area contributed by atoms with Gasteiger partial charge in [-0.1, -0.05) is 24.3 Å². The summed E-state index contributed by atoms with van der Waals surface area (Å²) in [6.45, 7) is 0.0639. The average Bonchev–Trinajstić information content (AvgIpc) is 2.95. The van der Waals surface area contributed by atoms with E-state index in [4.69, 9.17) is 0 Å². The Bertz CT molecular complexity index is 1170. The third-order valence-electron chi connectivity index (χ3n) is 4.42. The van der Waals surface area contributed by atoms with Crippen molar-refractivity contribution in [1.29, 1.82) is 0 Å². The standard InChI is InChI=1S/C20H14BrN3O4S/c21-14-7-10-18(22-11-14)23-29(27,28)15-8-5-13(6-9-15)12-24-19(25)16-3-1-2-4-17(16)20(24)26/h1-11H,12H2,(H,22,23). The summed E-state index contributed by atoms with van der Waals surface area (Å²) in [5, 5.41) is 0. The predicted molar refractivity (Wildman–Crippen MR) is 110 cm³/mol. The van der Waals surface area contributed by atoms with Gasteiger partial charge in [-0.3, -0.25) is 19.2 Å². The zero-order valence-electron chi connectivity index (χ0n) is 14.9. The molecule has 1 aliphatic rings. The summed E-state index contributed by atoms with van der Waals surface area (Å²) in [5.74, 6) is -0.515. The van der Waals surface area contributed by atoms with Crippen LogP contribution in [0.2, 0.25) is 0 Å². The van der Waals surface area contributed by atoms with Crippen LogP contribution in [0.4, 0.5) is 5.82 Å². The first-order valence-corrected chi connectivity index (χ1v) is 10.8. The first-order chi connectivity index (χ1) is 13.8. The number of halogens is 1. The molecule has 2 heterocycles. The van der Waals surface area contributed by atoms with Crippen molar-refractivity contribution in [1.82, 2.24) is 9.88 Å². The Labute approximate surface area is 175 Å². The fraction of sp³-hybridized carbons (Fsp3) is 0.0500. The molecular formula is C20H14BrN3O4S. The van der Waals surface area contributed by atoms with Crippen molar-refractivity contribution in [2.75, 3.05) is 4.72 Å². The number of pyridine rings is 1. The van der Waals surface area contributed by atoms with Crippen LogP contribution in [0.1, 0.15) is 26.3 Å². The Morgan fingerprint density at radius 2 is 1.52 bits per heavy atom. The molecule has 29 heavy (non-hydrogen) atoms. The van der Waals surface area contributed by atoms with Crippen molar-refractivity contribution in [2.45, 2.75) is 11.4 Å². The number of benzene rings is 2. The number of hydrogen-bond acceptors (Lipinski definition) is 5. The van der Waals surface area contributed by atoms with Gasteiger partial charge in [-0.2, -0.15) is 0 Å². The third kappa shape index (κ3) is 3.79. The SMILES string of the molecule is O=C1c2ccccc2C(=O)N1Cc1ccc(S(=O)(=O)Nc2ccc(Br)cn2)cc1. The number of carbonyl (C=O) groups excluding carboxylic acids is 2. The van der Waals surface area contributed by atoms with E-state index < -0.39 is 10.0 Å². The Kier molecular flexibility index (Phi) is 4.93. The molecule has 2 amide bonds. The predicted octanol–water partition coefficient (Wildman–Crippen LogP) is 3.44. The van der Waals surface area contributed by atoms with Crippen molar-refractivity contribution in [2.24, 2.45) is 0 Å². The zero-order chi connectivity index (χ0) is 20.6. The van der Waals surface area contributed by atoms with E-state index in [1.165, 1.54) is 24.4 Å². The molecule has 0 bridgehead atoms. The van der Waals surface area contributed by atoms with Crippen LogP contribution in [0.3, 0.4) is 0 Å². The number of aromatic nitrogens is 1. The number of hydrogen-bond donors (Lipinski definition) is 1. The summed E-state index contributed by atoms with van der Waals surface area (Å²) in [4.78, 5) is 30.1. The van der Waals surface area contributed by atoms with E-state index in [1.807, 2.05) is 0 Å². The fourth-order valence-corrected chi connectivity index (χ4v) is 4.21. The number of nitrogens with zero attached hydrogens (tertiary/aromatic N) is 2. The second-order valence-corrected chi connectivity index (χ2v) is 8.95. The van der Waals surface area contributed by atoms with Gasteiger partial charge in [-0.15, -0.1) is 0 Å². The molecule has 3 aromatic rings. The number of imide groups is 1. The summed E-state index contributed by atoms with van der Waals surface area (Å²) in [6, 6.07) is 15.9. The second kappa shape index (κ2) is 7.41. The number of carbonyl (C=O) groups is 2. The van der Waals surface area contributed by atoms with Crippen molar-refractivity contribution in [3.05, 3.63) is 88.0 Å². The van der Waals surface area contributed by atoms with Crippen LogP contribution in [0.5, 0.6) is 0 Å². The maximum absolute atomic E-state index is 12.5. The molecule has 9 heteroatoms. The second-order valence-electron chi connectivity index (χ2n) is 6.35. The summed E-state index contributed by atoms with van der Waals surface area (Å²) in [5.41, 5.74) is 1.39. The topological polar surface area (TPSA) is 96.4 Å². The Morgan fingerprint density at radius 1 is 0.897 bits per heavy atom. The molecule has 0 aliphatic carbocycles. The smallest absolute Gasteiger partial charge is 0.263 e. The highest BCUT2D eigenvalue weighted by Gasteiger charge is 2.34. The molecule has 0 spiro atoms. The lowest BCUT2D eigenvalue weighted by atomic mass is 10.1. The monoisotopic (exact) mass is 471 g/mol. The molecule has 1 aliphatic heterocycles. The van der Waals surface area contributed by atoms with Crippen molar-refractivity contribution < 1.29 is 18.0 Å². The molecule has 0 unspecified atom stereocenters. The minimum Gasteiger partial charge on any atom is -0.270 e. The van der Waals surface area contributed by atoms with Gasteiger partial charge in [0.25, 0.3) is 21.8 Å². The molecule has 0 fully saturated rings. The maximum atomic E-state index is 12.5. The number of anilines is 1. The molecular weight excluding hydrogens is 458 g/mol. The molecule has 1 aromatic heterocycles. The molecule has 7 nitrogen and oxygen atoms in total. The highest BCUT2D eigenvalue weighted by Crippen LogP contribution is 2.25. The van der Waals surface area contributed by atoms with Crippen LogP contribution in [0, 0.1) is 0 Å². The molecule has 1 N–H and O–H groups in total. The summed E-state index contributed by atoms with van der Waals surface area (Å²) in [7, 11) is -3.81. The number of nitrogens with one attached hydrogen (secondary N) is 1. The minimum atomic E-state index is -3.81. The van der Waals surface area contributed by atoms with Gasteiger partial charge < -0.3 is 0 Å². The third-order valence-corrected chi connectivity index (χ3v) is 6.26. The summed E-state index contributed by atoms with van der Waals surface area (Å²) >= 11 is 3.24. The zero-order valence-corrected chi connectivity index (χ0v) is 17.3. The molecule has 0 atom stereocenters. The van der Waals surface area contributed by atoms with Gasteiger partial charge in [0.05, 0.1) is 22.6 Å². The first kappa shape index (κ1) is 19.3. The highest BCUT2D eigenvalue weighted by atomic mass is 79.9. The summed E-state index contributed by atoms with van der Waals surface area (Å²) in [6.07, 6.45) is 1.49. The molecule has 0 saturated carbocycles. The van der Waals surface area contributed by atoms with Gasteiger partial charge in [-0.25, -0.2) is 13.4 Å². The molecule has 0 saturated heterocycles. The quantitative estimate of drug-likeness (QED) is 0.574. The van der Waals surface area contributed by atoms with Gasteiger partial charge >= 0.3 is 0 Å². The number of sulfonamides is 1. The van der Waals surface area contributed by atoms with E-state index in [0.717, 1.165) is 9.37 Å². The van der Waals surface area contributed by atoms with Gasteiger partial charge in [0.2, 0.25) is 0 Å². The van der Waals surface area contributed by atoms with Gasteiger partial charge in [0.15, 0.2) is 0 Å². The van der Waals surface area contributed by atoms with Crippen molar-refractivity contribution in [3.8, 4) is 0 Å². The molecule has 4 rings (SSSR count). The summed E-state index contributed by atoms with van der Waals surface area (Å²) < 4.78 is 28.2. The lowest BCUT2D eigenvalue weighted by Crippen LogP contribution is -2.29. The van der Waals surface area contributed by atoms with Crippen LogP contribution in [0.15, 0.2) is 76.2 Å². The van der Waals surface area contributed by atoms with Crippen molar-refractivity contribution >= 4 is 43.6 Å². The van der Waals surface area contributed by atoms with Gasteiger partial charge in [0.1, 0.15) is 5.82 Å². The van der Waals surface area contributed by atoms with Crippen LogP contribution in [-0.2, 0) is 16.6 Å². The van der Waals surface area contributed by atoms with E-state index >= 15 is 0 Å². The van der Waals surface area contributed by atoms with E-state index in [0.29, 0.717) is 16.7 Å². The van der Waals surface area contributed by atoms with Gasteiger partial charge in [-0.05, 0) is 57.9 Å². The van der Waals surface area contributed by atoms with Gasteiger partial charge in [0, 0.05) is 10.7 Å². The molecule has 146 valence electrons. The van der Waals surface area contributed by atoms with Crippen molar-refractivity contribution in [3.63, 3.8) is 0 Å². The molecule has 0 radical (unpaired) electrons. The van der Waals surface area contributed by atoms with Crippen LogP contribution in [0.25, 0.3) is 0 Å². The Hall–Kier alpha value is -3.04. The molecule has 2 aromatic carbocycles. The first-order valence-electron chi connectivity index (χ1n) is 8.54. The number of fused-ring (bicyclic) bond motifs is 1. The van der Waals surface area contributed by atoms with Crippen LogP contribution < -0.4 is 4.72 Å². The normalized spacial score (nSPS) is 13.5. The number of rotatable bonds is 5. The largest absolute Gasteiger partial charge is 0.270 e. The Morgan fingerprint density at radius 3 is 2.07 bits per heavy atom. The Balaban J connectivity index is 1.50. The van der Waals surface area contributed by atoms with E-state index in [9.17, 15) is 18.0 Å². The van der Waals surface area contributed by atoms with E-state index in [2.05, 4.69) is 25.6 Å². The lowest BCUT2D eigenvalue weighted by Gasteiger charge is -2.14.